The first-order valence-corrected chi connectivity index (χ1v) is 7.74. The van der Waals surface area contributed by atoms with Crippen molar-refractivity contribution >= 4 is 34.7 Å². The van der Waals surface area contributed by atoms with E-state index in [1.54, 1.807) is 0 Å². The summed E-state index contributed by atoms with van der Waals surface area (Å²) in [6.07, 6.45) is 2.18. The lowest BCUT2D eigenvalue weighted by atomic mass is 10.0. The molecule has 0 radical (unpaired) electrons. The average molecular weight is 302 g/mol. The van der Waals surface area contributed by atoms with Crippen LogP contribution in [0.5, 0.6) is 0 Å². The monoisotopic (exact) mass is 302 g/mol. The van der Waals surface area contributed by atoms with E-state index in [0.717, 1.165) is 24.3 Å². The molecule has 1 aromatic carbocycles. The molecule has 0 amide bonds. The summed E-state index contributed by atoms with van der Waals surface area (Å²) in [7, 11) is 0. The number of nitrogens with two attached hydrogens (primary N) is 1. The van der Waals surface area contributed by atoms with Crippen LogP contribution in [0.1, 0.15) is 18.4 Å². The maximum Gasteiger partial charge on any atom is 0.150 e. The summed E-state index contributed by atoms with van der Waals surface area (Å²) in [5, 5.41) is 2.87. The molecule has 0 unspecified atom stereocenters. The molecule has 0 atom stereocenters. The Kier molecular flexibility index (Phi) is 4.99. The number of nitrogens with one attached hydrogen (secondary N) is 1. The van der Waals surface area contributed by atoms with Gasteiger partial charge in [0, 0.05) is 12.1 Å². The molecule has 0 saturated carbocycles. The van der Waals surface area contributed by atoms with Gasteiger partial charge in [-0.15, -0.1) is 0 Å². The molecule has 19 heavy (non-hydrogen) atoms. The van der Waals surface area contributed by atoms with Gasteiger partial charge in [0.2, 0.25) is 0 Å². The van der Waals surface area contributed by atoms with Crippen molar-refractivity contribution < 1.29 is 8.78 Å². The van der Waals surface area contributed by atoms with Gasteiger partial charge >= 0.3 is 0 Å². The molecule has 1 aliphatic rings. The highest BCUT2D eigenvalue weighted by molar-refractivity contribution is 7.99. The third kappa shape index (κ3) is 3.79. The standard InChI is InChI=1S/C13H16F2N2S2/c14-10-5-9(13(16)18)6-11(15)12(10)17-7-8-1-3-19-4-2-8/h5-6,8,17H,1-4,7H2,(H2,16,18). The molecule has 104 valence electrons. The van der Waals surface area contributed by atoms with Crippen LogP contribution >= 0.6 is 24.0 Å². The fourth-order valence-electron chi connectivity index (χ4n) is 2.08. The first kappa shape index (κ1) is 14.5. The van der Waals surface area contributed by atoms with Gasteiger partial charge in [0.25, 0.3) is 0 Å². The molecule has 2 nitrogen and oxygen atoms in total. The molecule has 0 bridgehead atoms. The van der Waals surface area contributed by atoms with Gasteiger partial charge in [0.1, 0.15) is 22.3 Å². The second-order valence-electron chi connectivity index (χ2n) is 4.62. The molecular weight excluding hydrogens is 286 g/mol. The van der Waals surface area contributed by atoms with E-state index in [0.29, 0.717) is 12.5 Å². The SMILES string of the molecule is NC(=S)c1cc(F)c(NCC2CCSCC2)c(F)c1. The van der Waals surface area contributed by atoms with Crippen LogP contribution in [-0.4, -0.2) is 23.0 Å². The molecule has 0 aromatic heterocycles. The molecule has 1 fully saturated rings. The zero-order valence-corrected chi connectivity index (χ0v) is 12.1. The average Bonchev–Trinajstić information content (AvgIpc) is 2.38. The first-order valence-electron chi connectivity index (χ1n) is 6.18. The highest BCUT2D eigenvalue weighted by Crippen LogP contribution is 2.25. The summed E-state index contributed by atoms with van der Waals surface area (Å²) in [6.45, 7) is 0.598. The fraction of sp³-hybridized carbons (Fsp3) is 0.462. The molecule has 3 N–H and O–H groups in total. The topological polar surface area (TPSA) is 38.0 Å². The second kappa shape index (κ2) is 6.52. The van der Waals surface area contributed by atoms with Gasteiger partial charge in [-0.3, -0.25) is 0 Å². The van der Waals surface area contributed by atoms with Gasteiger partial charge in [-0.05, 0) is 42.4 Å². The molecule has 1 heterocycles. The van der Waals surface area contributed by atoms with Crippen molar-refractivity contribution in [2.75, 3.05) is 23.4 Å². The van der Waals surface area contributed by atoms with Crippen molar-refractivity contribution in [1.82, 2.24) is 0 Å². The number of benzene rings is 1. The minimum atomic E-state index is -0.645. The Bertz CT molecular complexity index is 451. The van der Waals surface area contributed by atoms with Crippen LogP contribution in [0.15, 0.2) is 12.1 Å². The van der Waals surface area contributed by atoms with Crippen LogP contribution in [0.4, 0.5) is 14.5 Å². The summed E-state index contributed by atoms with van der Waals surface area (Å²) in [4.78, 5) is -0.00587. The molecule has 6 heteroatoms. The number of rotatable bonds is 4. The van der Waals surface area contributed by atoms with E-state index in [1.807, 2.05) is 11.8 Å². The van der Waals surface area contributed by atoms with Crippen molar-refractivity contribution in [1.29, 1.82) is 0 Å². The van der Waals surface area contributed by atoms with Crippen LogP contribution in [-0.2, 0) is 0 Å². The number of thioether (sulfide) groups is 1. The first-order chi connectivity index (χ1) is 9.08. The van der Waals surface area contributed by atoms with E-state index < -0.39 is 11.6 Å². The number of anilines is 1. The third-order valence-corrected chi connectivity index (χ3v) is 4.52. The van der Waals surface area contributed by atoms with E-state index in [1.165, 1.54) is 12.1 Å². The summed E-state index contributed by atoms with van der Waals surface area (Å²) in [6, 6.07) is 2.34. The highest BCUT2D eigenvalue weighted by Gasteiger charge is 2.16. The Morgan fingerprint density at radius 2 is 1.89 bits per heavy atom. The van der Waals surface area contributed by atoms with E-state index in [9.17, 15) is 8.78 Å². The largest absolute Gasteiger partial charge is 0.389 e. The molecular formula is C13H16F2N2S2. The predicted molar refractivity (Wildman–Crippen MR) is 80.8 cm³/mol. The van der Waals surface area contributed by atoms with Crippen LogP contribution < -0.4 is 11.1 Å². The molecule has 0 spiro atoms. The quantitative estimate of drug-likeness (QED) is 0.838. The maximum atomic E-state index is 13.8. The molecule has 0 aliphatic carbocycles. The summed E-state index contributed by atoms with van der Waals surface area (Å²) in [5.41, 5.74) is 5.50. The van der Waals surface area contributed by atoms with Gasteiger partial charge in [-0.25, -0.2) is 8.78 Å². The van der Waals surface area contributed by atoms with Crippen molar-refractivity contribution in [3.05, 3.63) is 29.3 Å². The molecule has 1 aromatic rings. The van der Waals surface area contributed by atoms with Crippen LogP contribution in [0.25, 0.3) is 0 Å². The number of thiocarbonyl (C=S) groups is 1. The second-order valence-corrected chi connectivity index (χ2v) is 6.28. The molecule has 2 rings (SSSR count). The third-order valence-electron chi connectivity index (χ3n) is 3.24. The lowest BCUT2D eigenvalue weighted by molar-refractivity contribution is 0.510. The summed E-state index contributed by atoms with van der Waals surface area (Å²) in [5.74, 6) is 1.44. The van der Waals surface area contributed by atoms with Gasteiger partial charge in [-0.2, -0.15) is 11.8 Å². The lowest BCUT2D eigenvalue weighted by Gasteiger charge is -2.22. The highest BCUT2D eigenvalue weighted by atomic mass is 32.2. The summed E-state index contributed by atoms with van der Waals surface area (Å²) >= 11 is 6.64. The minimum absolute atomic E-state index is 0.00587. The number of hydrogen-bond donors (Lipinski definition) is 2. The minimum Gasteiger partial charge on any atom is -0.389 e. The van der Waals surface area contributed by atoms with E-state index in [4.69, 9.17) is 18.0 Å². The molecule has 1 saturated heterocycles. The van der Waals surface area contributed by atoms with Crippen molar-refractivity contribution in [2.24, 2.45) is 11.7 Å². The Balaban J connectivity index is 2.05. The summed E-state index contributed by atoms with van der Waals surface area (Å²) < 4.78 is 27.6. The van der Waals surface area contributed by atoms with Gasteiger partial charge in [0.15, 0.2) is 0 Å². The smallest absolute Gasteiger partial charge is 0.150 e. The Morgan fingerprint density at radius 1 is 1.32 bits per heavy atom. The van der Waals surface area contributed by atoms with E-state index in [-0.39, 0.29) is 16.2 Å². The Labute approximate surface area is 121 Å². The maximum absolute atomic E-state index is 13.8. The van der Waals surface area contributed by atoms with Gasteiger partial charge < -0.3 is 11.1 Å². The number of hydrogen-bond acceptors (Lipinski definition) is 3. The van der Waals surface area contributed by atoms with Gasteiger partial charge in [-0.1, -0.05) is 12.2 Å². The Hall–Kier alpha value is -0.880. The van der Waals surface area contributed by atoms with Crippen LogP contribution in [0, 0.1) is 17.6 Å². The van der Waals surface area contributed by atoms with Crippen molar-refractivity contribution in [2.45, 2.75) is 12.8 Å². The zero-order chi connectivity index (χ0) is 13.8. The number of halogens is 2. The van der Waals surface area contributed by atoms with E-state index >= 15 is 0 Å². The Morgan fingerprint density at radius 3 is 2.42 bits per heavy atom. The van der Waals surface area contributed by atoms with Gasteiger partial charge in [0.05, 0.1) is 0 Å². The van der Waals surface area contributed by atoms with Crippen LogP contribution in [0.3, 0.4) is 0 Å². The zero-order valence-electron chi connectivity index (χ0n) is 10.4. The van der Waals surface area contributed by atoms with Crippen molar-refractivity contribution in [3.8, 4) is 0 Å². The van der Waals surface area contributed by atoms with E-state index in [2.05, 4.69) is 5.32 Å². The van der Waals surface area contributed by atoms with Crippen LogP contribution in [0.2, 0.25) is 0 Å². The van der Waals surface area contributed by atoms with Crippen molar-refractivity contribution in [3.63, 3.8) is 0 Å². The fourth-order valence-corrected chi connectivity index (χ4v) is 3.40. The normalized spacial score (nSPS) is 16.3. The lowest BCUT2D eigenvalue weighted by Crippen LogP contribution is -2.20. The predicted octanol–water partition coefficient (Wildman–Crippen LogP) is 3.15. The molecule has 1 aliphatic heterocycles.